The topological polar surface area (TPSA) is 12.0 Å². The molecule has 1 heteroatoms. The normalized spacial score (nSPS) is 22.9. The second-order valence-corrected chi connectivity index (χ2v) is 6.15. The molecule has 0 aliphatic heterocycles. The third-order valence-electron chi connectivity index (χ3n) is 3.99. The van der Waals surface area contributed by atoms with Crippen molar-refractivity contribution >= 4 is 0 Å². The Labute approximate surface area is 106 Å². The molecule has 1 saturated carbocycles. The van der Waals surface area contributed by atoms with Crippen LogP contribution in [0, 0.1) is 5.41 Å². The number of rotatable bonds is 4. The van der Waals surface area contributed by atoms with Gasteiger partial charge in [-0.3, -0.25) is 0 Å². The molecule has 1 atom stereocenters. The lowest BCUT2D eigenvalue weighted by Crippen LogP contribution is -2.26. The molecular weight excluding hydrogens is 206 g/mol. The molecule has 0 bridgehead atoms. The average Bonchev–Trinajstić information content (AvgIpc) is 2.67. The van der Waals surface area contributed by atoms with Crippen molar-refractivity contribution in [2.75, 3.05) is 0 Å². The van der Waals surface area contributed by atoms with Crippen LogP contribution in [0.25, 0.3) is 0 Å². The molecule has 1 nitrogen and oxygen atoms in total. The molecule has 0 radical (unpaired) electrons. The Bertz CT molecular complexity index is 350. The van der Waals surface area contributed by atoms with E-state index in [-0.39, 0.29) is 0 Å². The summed E-state index contributed by atoms with van der Waals surface area (Å²) in [6, 6.07) is 9.72. The number of aryl methyl sites for hydroxylation is 1. The van der Waals surface area contributed by atoms with E-state index in [0.29, 0.717) is 5.41 Å². The molecule has 1 aromatic rings. The summed E-state index contributed by atoms with van der Waals surface area (Å²) in [5.41, 5.74) is 3.38. The van der Waals surface area contributed by atoms with Crippen molar-refractivity contribution in [2.24, 2.45) is 5.41 Å². The first kappa shape index (κ1) is 12.6. The van der Waals surface area contributed by atoms with Gasteiger partial charge in [0.05, 0.1) is 0 Å². The molecule has 1 unspecified atom stereocenters. The molecule has 1 aliphatic carbocycles. The summed E-state index contributed by atoms with van der Waals surface area (Å²) in [6.07, 6.45) is 5.14. The SMILES string of the molecule is CCc1ccc(CNC2CCC(C)(C)C2)cc1. The smallest absolute Gasteiger partial charge is 0.0208 e. The van der Waals surface area contributed by atoms with E-state index in [0.717, 1.165) is 19.0 Å². The fourth-order valence-corrected chi connectivity index (χ4v) is 2.77. The summed E-state index contributed by atoms with van der Waals surface area (Å²) in [5.74, 6) is 0. The monoisotopic (exact) mass is 231 g/mol. The van der Waals surface area contributed by atoms with Gasteiger partial charge >= 0.3 is 0 Å². The maximum atomic E-state index is 3.69. The summed E-state index contributed by atoms with van der Waals surface area (Å²) < 4.78 is 0. The lowest BCUT2D eigenvalue weighted by molar-refractivity contribution is 0.364. The maximum absolute atomic E-state index is 3.69. The van der Waals surface area contributed by atoms with E-state index in [4.69, 9.17) is 0 Å². The van der Waals surface area contributed by atoms with Crippen molar-refractivity contribution in [1.29, 1.82) is 0 Å². The van der Waals surface area contributed by atoms with E-state index in [9.17, 15) is 0 Å². The lowest BCUT2D eigenvalue weighted by Gasteiger charge is -2.18. The average molecular weight is 231 g/mol. The predicted octanol–water partition coefficient (Wildman–Crippen LogP) is 3.92. The molecule has 0 aromatic heterocycles. The highest BCUT2D eigenvalue weighted by Crippen LogP contribution is 2.36. The molecule has 0 amide bonds. The number of nitrogens with one attached hydrogen (secondary N) is 1. The van der Waals surface area contributed by atoms with Crippen LogP contribution in [0.4, 0.5) is 0 Å². The fraction of sp³-hybridized carbons (Fsp3) is 0.625. The van der Waals surface area contributed by atoms with Gasteiger partial charge in [0.25, 0.3) is 0 Å². The first-order valence-electron chi connectivity index (χ1n) is 6.90. The largest absolute Gasteiger partial charge is 0.310 e. The quantitative estimate of drug-likeness (QED) is 0.828. The standard InChI is InChI=1S/C16H25N/c1-4-13-5-7-14(8-6-13)12-17-15-9-10-16(2,3)11-15/h5-8,15,17H,4,9-12H2,1-3H3. The van der Waals surface area contributed by atoms with Crippen LogP contribution in [0.15, 0.2) is 24.3 Å². The molecule has 1 fully saturated rings. The molecule has 1 aromatic carbocycles. The fourth-order valence-electron chi connectivity index (χ4n) is 2.77. The summed E-state index contributed by atoms with van der Waals surface area (Å²) in [4.78, 5) is 0. The second-order valence-electron chi connectivity index (χ2n) is 6.15. The summed E-state index contributed by atoms with van der Waals surface area (Å²) >= 11 is 0. The van der Waals surface area contributed by atoms with Crippen LogP contribution in [0.3, 0.4) is 0 Å². The molecular formula is C16H25N. The minimum atomic E-state index is 0.545. The van der Waals surface area contributed by atoms with Crippen LogP contribution in [0.1, 0.15) is 51.2 Å². The second kappa shape index (κ2) is 5.22. The number of benzene rings is 1. The Hall–Kier alpha value is -0.820. The predicted molar refractivity (Wildman–Crippen MR) is 74.1 cm³/mol. The third kappa shape index (κ3) is 3.57. The third-order valence-corrected chi connectivity index (χ3v) is 3.99. The number of hydrogen-bond donors (Lipinski definition) is 1. The summed E-state index contributed by atoms with van der Waals surface area (Å²) in [5, 5.41) is 3.69. The van der Waals surface area contributed by atoms with Gasteiger partial charge < -0.3 is 5.32 Å². The molecule has 94 valence electrons. The molecule has 0 heterocycles. The first-order chi connectivity index (χ1) is 8.09. The van der Waals surface area contributed by atoms with Crippen LogP contribution in [0.2, 0.25) is 0 Å². The zero-order valence-electron chi connectivity index (χ0n) is 11.4. The van der Waals surface area contributed by atoms with E-state index in [2.05, 4.69) is 50.4 Å². The van der Waals surface area contributed by atoms with E-state index >= 15 is 0 Å². The molecule has 1 aliphatic rings. The lowest BCUT2D eigenvalue weighted by atomic mass is 9.92. The highest BCUT2D eigenvalue weighted by atomic mass is 14.9. The van der Waals surface area contributed by atoms with Gasteiger partial charge in [0.2, 0.25) is 0 Å². The van der Waals surface area contributed by atoms with Crippen molar-refractivity contribution < 1.29 is 0 Å². The Balaban J connectivity index is 1.82. The minimum absolute atomic E-state index is 0.545. The first-order valence-corrected chi connectivity index (χ1v) is 6.90. The molecule has 2 rings (SSSR count). The van der Waals surface area contributed by atoms with Gasteiger partial charge in [-0.1, -0.05) is 45.0 Å². The molecule has 17 heavy (non-hydrogen) atoms. The highest BCUT2D eigenvalue weighted by molar-refractivity contribution is 5.22. The Morgan fingerprint density at radius 2 is 1.82 bits per heavy atom. The van der Waals surface area contributed by atoms with Gasteiger partial charge in [0.15, 0.2) is 0 Å². The zero-order chi connectivity index (χ0) is 12.3. The Morgan fingerprint density at radius 3 is 2.35 bits per heavy atom. The van der Waals surface area contributed by atoms with Gasteiger partial charge in [-0.05, 0) is 42.2 Å². The van der Waals surface area contributed by atoms with E-state index < -0.39 is 0 Å². The van der Waals surface area contributed by atoms with Crippen LogP contribution >= 0.6 is 0 Å². The van der Waals surface area contributed by atoms with E-state index in [1.54, 1.807) is 0 Å². The maximum Gasteiger partial charge on any atom is 0.0208 e. The van der Waals surface area contributed by atoms with Crippen LogP contribution in [-0.2, 0) is 13.0 Å². The van der Waals surface area contributed by atoms with Gasteiger partial charge in [-0.15, -0.1) is 0 Å². The van der Waals surface area contributed by atoms with Crippen LogP contribution in [0.5, 0.6) is 0 Å². The van der Waals surface area contributed by atoms with Crippen molar-refractivity contribution in [2.45, 2.75) is 59.0 Å². The van der Waals surface area contributed by atoms with Crippen molar-refractivity contribution in [1.82, 2.24) is 5.32 Å². The zero-order valence-corrected chi connectivity index (χ0v) is 11.4. The van der Waals surface area contributed by atoms with E-state index in [1.807, 2.05) is 0 Å². The van der Waals surface area contributed by atoms with Crippen LogP contribution in [-0.4, -0.2) is 6.04 Å². The van der Waals surface area contributed by atoms with Gasteiger partial charge in [0.1, 0.15) is 0 Å². The van der Waals surface area contributed by atoms with Crippen LogP contribution < -0.4 is 5.32 Å². The van der Waals surface area contributed by atoms with Crippen molar-refractivity contribution in [3.05, 3.63) is 35.4 Å². The molecule has 1 N–H and O–H groups in total. The van der Waals surface area contributed by atoms with Crippen molar-refractivity contribution in [3.8, 4) is 0 Å². The number of hydrogen-bond acceptors (Lipinski definition) is 1. The molecule has 0 saturated heterocycles. The summed E-state index contributed by atoms with van der Waals surface area (Å²) in [6.45, 7) is 7.98. The Kier molecular flexibility index (Phi) is 3.88. The van der Waals surface area contributed by atoms with Gasteiger partial charge in [-0.2, -0.15) is 0 Å². The van der Waals surface area contributed by atoms with Crippen molar-refractivity contribution in [3.63, 3.8) is 0 Å². The van der Waals surface area contributed by atoms with Gasteiger partial charge in [-0.25, -0.2) is 0 Å². The minimum Gasteiger partial charge on any atom is -0.310 e. The summed E-state index contributed by atoms with van der Waals surface area (Å²) in [7, 11) is 0. The van der Waals surface area contributed by atoms with E-state index in [1.165, 1.54) is 30.4 Å². The van der Waals surface area contributed by atoms with Gasteiger partial charge in [0, 0.05) is 12.6 Å². The molecule has 0 spiro atoms. The Morgan fingerprint density at radius 1 is 1.18 bits per heavy atom. The highest BCUT2D eigenvalue weighted by Gasteiger charge is 2.30.